The van der Waals surface area contributed by atoms with Crippen LogP contribution < -0.4 is 5.32 Å². The van der Waals surface area contributed by atoms with Crippen molar-refractivity contribution in [3.63, 3.8) is 0 Å². The molecule has 0 atom stereocenters. The van der Waals surface area contributed by atoms with Gasteiger partial charge in [0, 0.05) is 5.38 Å². The number of carbonyl (C=O) groups is 1. The van der Waals surface area contributed by atoms with E-state index in [4.69, 9.17) is 4.42 Å². The molecule has 1 N–H and O–H groups in total. The van der Waals surface area contributed by atoms with E-state index in [0.717, 1.165) is 23.0 Å². The third-order valence-electron chi connectivity index (χ3n) is 3.79. The summed E-state index contributed by atoms with van der Waals surface area (Å²) in [5.74, 6) is 0.739. The Morgan fingerprint density at radius 1 is 1.36 bits per heavy atom. The molecule has 2 aromatic heterocycles. The molecule has 3 rings (SSSR count). The monoisotopic (exact) mass is 319 g/mol. The van der Waals surface area contributed by atoms with Gasteiger partial charge in [0.05, 0.1) is 31.5 Å². The average Bonchev–Trinajstić information content (AvgIpc) is 3.18. The first-order chi connectivity index (χ1) is 10.8. The quantitative estimate of drug-likeness (QED) is 0.889. The highest BCUT2D eigenvalue weighted by Gasteiger charge is 2.13. The topological polar surface area (TPSA) is 58.4 Å². The highest BCUT2D eigenvalue weighted by atomic mass is 32.1. The summed E-state index contributed by atoms with van der Waals surface area (Å²) < 4.78 is 5.19. The van der Waals surface area contributed by atoms with Crippen LogP contribution in [-0.2, 0) is 24.3 Å². The van der Waals surface area contributed by atoms with Gasteiger partial charge in [-0.25, -0.2) is 4.98 Å². The van der Waals surface area contributed by atoms with E-state index in [-0.39, 0.29) is 5.91 Å². The van der Waals surface area contributed by atoms with Crippen LogP contribution in [0.1, 0.15) is 35.7 Å². The van der Waals surface area contributed by atoms with Crippen LogP contribution in [-0.4, -0.2) is 28.9 Å². The number of furan rings is 1. The highest BCUT2D eigenvalue weighted by molar-refractivity contribution is 7.09. The Labute approximate surface area is 134 Å². The molecule has 1 aliphatic heterocycles. The maximum absolute atomic E-state index is 11.9. The zero-order valence-corrected chi connectivity index (χ0v) is 13.4. The van der Waals surface area contributed by atoms with Gasteiger partial charge in [-0.3, -0.25) is 9.69 Å². The fourth-order valence-corrected chi connectivity index (χ4v) is 3.47. The third-order valence-corrected chi connectivity index (χ3v) is 4.67. The van der Waals surface area contributed by atoms with E-state index in [2.05, 4.69) is 15.2 Å². The number of piperidine rings is 1. The van der Waals surface area contributed by atoms with Gasteiger partial charge in [0.1, 0.15) is 10.8 Å². The van der Waals surface area contributed by atoms with E-state index in [1.54, 1.807) is 17.6 Å². The van der Waals surface area contributed by atoms with E-state index in [1.165, 1.54) is 32.4 Å². The normalized spacial score (nSPS) is 15.8. The number of carbonyl (C=O) groups excluding carboxylic acids is 1. The standard InChI is InChI=1S/C16H21N3O2S/c20-15(17-10-14-5-4-8-21-14)9-13-12-22-16(18-13)11-19-6-2-1-3-7-19/h4-5,8,12H,1-3,6-7,9-11H2,(H,17,20). The molecule has 6 heteroatoms. The molecule has 0 aromatic carbocycles. The Kier molecular flexibility index (Phi) is 5.24. The first-order valence-electron chi connectivity index (χ1n) is 7.74. The number of rotatable bonds is 6. The lowest BCUT2D eigenvalue weighted by molar-refractivity contribution is -0.120. The van der Waals surface area contributed by atoms with Crippen LogP contribution >= 0.6 is 11.3 Å². The molecule has 1 aliphatic rings. The summed E-state index contributed by atoms with van der Waals surface area (Å²) in [6, 6.07) is 3.66. The summed E-state index contributed by atoms with van der Waals surface area (Å²) in [7, 11) is 0. The summed E-state index contributed by atoms with van der Waals surface area (Å²) in [4.78, 5) is 18.9. The molecule has 0 spiro atoms. The lowest BCUT2D eigenvalue weighted by Gasteiger charge is -2.25. The van der Waals surface area contributed by atoms with Crippen LogP contribution in [0.15, 0.2) is 28.2 Å². The Morgan fingerprint density at radius 3 is 3.00 bits per heavy atom. The van der Waals surface area contributed by atoms with E-state index in [0.29, 0.717) is 13.0 Å². The lowest BCUT2D eigenvalue weighted by Crippen LogP contribution is -2.29. The summed E-state index contributed by atoms with van der Waals surface area (Å²) >= 11 is 1.65. The number of thiazole rings is 1. The Hall–Kier alpha value is -1.66. The number of nitrogens with one attached hydrogen (secondary N) is 1. The molecule has 0 unspecified atom stereocenters. The van der Waals surface area contributed by atoms with Crippen molar-refractivity contribution in [2.45, 2.75) is 38.8 Å². The fraction of sp³-hybridized carbons (Fsp3) is 0.500. The van der Waals surface area contributed by atoms with E-state index in [1.807, 2.05) is 17.5 Å². The minimum Gasteiger partial charge on any atom is -0.467 e. The average molecular weight is 319 g/mol. The van der Waals surface area contributed by atoms with Crippen LogP contribution in [0.5, 0.6) is 0 Å². The Balaban J connectivity index is 1.45. The highest BCUT2D eigenvalue weighted by Crippen LogP contribution is 2.16. The second-order valence-electron chi connectivity index (χ2n) is 5.60. The second-order valence-corrected chi connectivity index (χ2v) is 6.54. The van der Waals surface area contributed by atoms with Crippen molar-refractivity contribution in [2.24, 2.45) is 0 Å². The van der Waals surface area contributed by atoms with Gasteiger partial charge >= 0.3 is 0 Å². The van der Waals surface area contributed by atoms with Gasteiger partial charge in [-0.15, -0.1) is 11.3 Å². The first kappa shape index (κ1) is 15.2. The number of amides is 1. The molecule has 3 heterocycles. The summed E-state index contributed by atoms with van der Waals surface area (Å²) in [6.07, 6.45) is 5.85. The van der Waals surface area contributed by atoms with Crippen LogP contribution in [0.2, 0.25) is 0 Å². The van der Waals surface area contributed by atoms with E-state index in [9.17, 15) is 4.79 Å². The summed E-state index contributed by atoms with van der Waals surface area (Å²) in [5, 5.41) is 5.94. The maximum Gasteiger partial charge on any atom is 0.226 e. The van der Waals surface area contributed by atoms with Gasteiger partial charge < -0.3 is 9.73 Å². The molecule has 0 radical (unpaired) electrons. The van der Waals surface area contributed by atoms with Crippen molar-refractivity contribution in [1.82, 2.24) is 15.2 Å². The predicted octanol–water partition coefficient (Wildman–Crippen LogP) is 2.58. The van der Waals surface area contributed by atoms with Crippen molar-refractivity contribution in [2.75, 3.05) is 13.1 Å². The van der Waals surface area contributed by atoms with E-state index >= 15 is 0 Å². The van der Waals surface area contributed by atoms with Crippen LogP contribution in [0.25, 0.3) is 0 Å². The van der Waals surface area contributed by atoms with Gasteiger partial charge in [0.2, 0.25) is 5.91 Å². The Bertz CT molecular complexity index is 588. The second kappa shape index (κ2) is 7.56. The van der Waals surface area contributed by atoms with Crippen molar-refractivity contribution >= 4 is 17.2 Å². The van der Waals surface area contributed by atoms with Gasteiger partial charge in [-0.1, -0.05) is 6.42 Å². The Morgan fingerprint density at radius 2 is 2.23 bits per heavy atom. The minimum absolute atomic E-state index is 0.0220. The number of likely N-dealkylation sites (tertiary alicyclic amines) is 1. The van der Waals surface area contributed by atoms with Crippen LogP contribution in [0, 0.1) is 0 Å². The number of hydrogen-bond donors (Lipinski definition) is 1. The molecule has 1 amide bonds. The predicted molar refractivity (Wildman–Crippen MR) is 85.5 cm³/mol. The molecule has 118 valence electrons. The minimum atomic E-state index is -0.0220. The van der Waals surface area contributed by atoms with Crippen LogP contribution in [0.4, 0.5) is 0 Å². The molecule has 5 nitrogen and oxygen atoms in total. The maximum atomic E-state index is 11.9. The molecule has 22 heavy (non-hydrogen) atoms. The number of nitrogens with zero attached hydrogens (tertiary/aromatic N) is 2. The van der Waals surface area contributed by atoms with Crippen LogP contribution in [0.3, 0.4) is 0 Å². The van der Waals surface area contributed by atoms with Gasteiger partial charge in [-0.05, 0) is 38.1 Å². The molecule has 2 aromatic rings. The SMILES string of the molecule is O=C(Cc1csc(CN2CCCCC2)n1)NCc1ccco1. The van der Waals surface area contributed by atoms with Crippen molar-refractivity contribution in [3.8, 4) is 0 Å². The fourth-order valence-electron chi connectivity index (χ4n) is 2.64. The van der Waals surface area contributed by atoms with Gasteiger partial charge in [-0.2, -0.15) is 0 Å². The van der Waals surface area contributed by atoms with Gasteiger partial charge in [0.25, 0.3) is 0 Å². The van der Waals surface area contributed by atoms with Crippen molar-refractivity contribution in [3.05, 3.63) is 40.2 Å². The molecule has 0 saturated carbocycles. The van der Waals surface area contributed by atoms with Crippen molar-refractivity contribution in [1.29, 1.82) is 0 Å². The summed E-state index contributed by atoms with van der Waals surface area (Å²) in [6.45, 7) is 3.67. The van der Waals surface area contributed by atoms with Gasteiger partial charge in [0.15, 0.2) is 0 Å². The molecular weight excluding hydrogens is 298 g/mol. The zero-order valence-electron chi connectivity index (χ0n) is 12.6. The zero-order chi connectivity index (χ0) is 15.2. The summed E-state index contributed by atoms with van der Waals surface area (Å²) in [5.41, 5.74) is 0.856. The molecule has 1 saturated heterocycles. The molecule has 1 fully saturated rings. The van der Waals surface area contributed by atoms with Crippen molar-refractivity contribution < 1.29 is 9.21 Å². The molecule has 0 aliphatic carbocycles. The largest absolute Gasteiger partial charge is 0.467 e. The number of hydrogen-bond acceptors (Lipinski definition) is 5. The van der Waals surface area contributed by atoms with E-state index < -0.39 is 0 Å². The first-order valence-corrected chi connectivity index (χ1v) is 8.62. The molecular formula is C16H21N3O2S. The number of aromatic nitrogens is 1. The smallest absolute Gasteiger partial charge is 0.226 e. The lowest BCUT2D eigenvalue weighted by atomic mass is 10.1. The molecule has 0 bridgehead atoms. The third kappa shape index (κ3) is 4.42.